The number of ether oxygens (including phenoxy) is 2. The molecule has 4 heterocycles. The molecule has 3 N–H and O–H groups in total. The topological polar surface area (TPSA) is 147 Å². The number of aromatic nitrogens is 5. The Morgan fingerprint density at radius 1 is 1.43 bits per heavy atom. The summed E-state index contributed by atoms with van der Waals surface area (Å²) in [5, 5.41) is 15.1. The second kappa shape index (κ2) is 10.9. The normalized spacial score (nSPS) is 15.8. The highest BCUT2D eigenvalue weighted by atomic mass is 19.4. The largest absolute Gasteiger partial charge is 0.490 e. The fourth-order valence-electron chi connectivity index (χ4n) is 3.02. The van der Waals surface area contributed by atoms with Crippen molar-refractivity contribution >= 4 is 34.5 Å². The van der Waals surface area contributed by atoms with Crippen molar-refractivity contribution in [3.05, 3.63) is 37.3 Å². The number of aromatic amines is 1. The van der Waals surface area contributed by atoms with Crippen molar-refractivity contribution in [2.45, 2.75) is 12.3 Å². The molecule has 0 aromatic carbocycles. The van der Waals surface area contributed by atoms with Gasteiger partial charge in [-0.3, -0.25) is 9.48 Å². The van der Waals surface area contributed by atoms with Gasteiger partial charge in [0.15, 0.2) is 0 Å². The van der Waals surface area contributed by atoms with Crippen molar-refractivity contribution in [1.29, 1.82) is 0 Å². The zero-order chi connectivity index (χ0) is 25.6. The number of hydrogen-bond acceptors (Lipinski definition) is 8. The maximum Gasteiger partial charge on any atom is 0.490 e. The molecule has 0 aliphatic carbocycles. The second-order valence-corrected chi connectivity index (χ2v) is 7.22. The van der Waals surface area contributed by atoms with Gasteiger partial charge < -0.3 is 29.8 Å². The zero-order valence-corrected chi connectivity index (χ0v) is 18.4. The highest BCUT2D eigenvalue weighted by molar-refractivity contribution is 5.87. The Morgan fingerprint density at radius 3 is 2.80 bits per heavy atom. The number of hydrogen-bond donors (Lipinski definition) is 3. The first-order valence-electron chi connectivity index (χ1n) is 10.1. The number of carboxylic acids is 1. The van der Waals surface area contributed by atoms with Crippen LogP contribution in [0, 0.1) is 0 Å². The van der Waals surface area contributed by atoms with Gasteiger partial charge in [-0.05, 0) is 12.1 Å². The molecule has 3 aromatic heterocycles. The maximum atomic E-state index is 11.8. The number of carbonyl (C=O) groups excluding carboxylic acids is 1. The molecule has 188 valence electrons. The van der Waals surface area contributed by atoms with Gasteiger partial charge in [-0.1, -0.05) is 6.58 Å². The van der Waals surface area contributed by atoms with Crippen LogP contribution >= 0.6 is 0 Å². The molecule has 0 spiro atoms. The summed E-state index contributed by atoms with van der Waals surface area (Å²) in [6.07, 6.45) is 1.28. The predicted molar refractivity (Wildman–Crippen MR) is 116 cm³/mol. The zero-order valence-electron chi connectivity index (χ0n) is 18.4. The summed E-state index contributed by atoms with van der Waals surface area (Å²) < 4.78 is 45.1. The van der Waals surface area contributed by atoms with Crippen molar-refractivity contribution in [2.75, 3.05) is 31.6 Å². The van der Waals surface area contributed by atoms with Gasteiger partial charge in [0.05, 0.1) is 30.4 Å². The van der Waals surface area contributed by atoms with E-state index in [1.54, 1.807) is 22.0 Å². The fourth-order valence-corrected chi connectivity index (χ4v) is 3.02. The number of amides is 1. The number of carboxylic acid groups (broad SMARTS) is 1. The predicted octanol–water partition coefficient (Wildman–Crippen LogP) is 1.86. The van der Waals surface area contributed by atoms with Crippen LogP contribution < -0.4 is 10.1 Å². The fraction of sp³-hybridized carbons (Fsp3) is 0.350. The first-order chi connectivity index (χ1) is 16.6. The lowest BCUT2D eigenvalue weighted by Crippen LogP contribution is -2.47. The van der Waals surface area contributed by atoms with Gasteiger partial charge >= 0.3 is 12.1 Å². The van der Waals surface area contributed by atoms with Crippen LogP contribution in [0.4, 0.5) is 24.8 Å². The van der Waals surface area contributed by atoms with E-state index < -0.39 is 12.1 Å². The number of H-pyrrole nitrogens is 1. The summed E-state index contributed by atoms with van der Waals surface area (Å²) in [7, 11) is 1.83. The molecule has 0 unspecified atom stereocenters. The number of nitrogens with one attached hydrogen (secondary N) is 2. The first kappa shape index (κ1) is 25.5. The molecule has 1 amide bonds. The van der Waals surface area contributed by atoms with Crippen LogP contribution in [0.15, 0.2) is 37.3 Å². The minimum Gasteiger partial charge on any atom is -0.475 e. The number of alkyl halides is 3. The summed E-state index contributed by atoms with van der Waals surface area (Å²) >= 11 is 0. The van der Waals surface area contributed by atoms with E-state index in [1.165, 1.54) is 6.08 Å². The molecule has 3 aromatic rings. The number of morpholine rings is 1. The molecule has 0 saturated carbocycles. The van der Waals surface area contributed by atoms with E-state index in [-0.39, 0.29) is 18.6 Å². The van der Waals surface area contributed by atoms with Gasteiger partial charge in [0.1, 0.15) is 18.4 Å². The molecular formula is C20H22F3N7O5. The van der Waals surface area contributed by atoms with Gasteiger partial charge in [-0.25, -0.2) is 4.79 Å². The Kier molecular flexibility index (Phi) is 7.91. The third kappa shape index (κ3) is 6.92. The Labute approximate surface area is 196 Å². The SMILES string of the molecule is C=CC(=O)N1CCO[C@@H](COc2nc(Nc3cnn(C)c3)nc3[nH]ccc23)C1.O=C(O)C(F)(F)F. The smallest absolute Gasteiger partial charge is 0.475 e. The van der Waals surface area contributed by atoms with Crippen molar-refractivity contribution < 1.29 is 37.3 Å². The number of fused-ring (bicyclic) bond motifs is 1. The maximum absolute atomic E-state index is 11.8. The molecule has 35 heavy (non-hydrogen) atoms. The Bertz CT molecular complexity index is 1190. The molecule has 0 radical (unpaired) electrons. The first-order valence-corrected chi connectivity index (χ1v) is 10.1. The molecule has 1 aliphatic rings. The molecule has 0 bridgehead atoms. The molecular weight excluding hydrogens is 475 g/mol. The monoisotopic (exact) mass is 497 g/mol. The molecule has 1 aliphatic heterocycles. The molecule has 1 fully saturated rings. The minimum absolute atomic E-state index is 0.105. The van der Waals surface area contributed by atoms with Crippen LogP contribution in [0.5, 0.6) is 5.88 Å². The summed E-state index contributed by atoms with van der Waals surface area (Å²) in [4.78, 5) is 34.4. The van der Waals surface area contributed by atoms with Crippen molar-refractivity contribution in [1.82, 2.24) is 29.6 Å². The van der Waals surface area contributed by atoms with Gasteiger partial charge in [0.25, 0.3) is 0 Å². The summed E-state index contributed by atoms with van der Waals surface area (Å²) in [6, 6.07) is 1.85. The third-order valence-electron chi connectivity index (χ3n) is 4.62. The highest BCUT2D eigenvalue weighted by Crippen LogP contribution is 2.25. The molecule has 4 rings (SSSR count). The number of halogens is 3. The van der Waals surface area contributed by atoms with Crippen LogP contribution in [0.1, 0.15) is 0 Å². The van der Waals surface area contributed by atoms with E-state index in [1.807, 2.05) is 19.3 Å². The van der Waals surface area contributed by atoms with Crippen LogP contribution in [-0.4, -0.2) is 85.2 Å². The second-order valence-electron chi connectivity index (χ2n) is 7.22. The number of nitrogens with zero attached hydrogens (tertiary/aromatic N) is 5. The van der Waals surface area contributed by atoms with E-state index >= 15 is 0 Å². The van der Waals surface area contributed by atoms with Crippen molar-refractivity contribution in [3.63, 3.8) is 0 Å². The van der Waals surface area contributed by atoms with Crippen LogP contribution in [0.3, 0.4) is 0 Å². The van der Waals surface area contributed by atoms with E-state index in [4.69, 9.17) is 19.4 Å². The van der Waals surface area contributed by atoms with Crippen LogP contribution in [-0.2, 0) is 21.4 Å². The van der Waals surface area contributed by atoms with Crippen molar-refractivity contribution in [2.24, 2.45) is 7.05 Å². The Balaban J connectivity index is 0.000000429. The standard InChI is InChI=1S/C18H21N7O3.C2HF3O2/c1-3-15(26)25-6-7-27-13(10-25)11-28-17-14-4-5-19-16(14)22-18(23-17)21-12-8-20-24(2)9-12;3-2(4,5)1(6)7/h3-5,8-9,13H,1,6-7,10-11H2,2H3,(H2,19,21,22,23);(H,6,7)/t13-;/m1./s1. The quantitative estimate of drug-likeness (QED) is 0.434. The lowest BCUT2D eigenvalue weighted by atomic mass is 10.3. The molecule has 1 saturated heterocycles. The lowest BCUT2D eigenvalue weighted by molar-refractivity contribution is -0.192. The van der Waals surface area contributed by atoms with E-state index in [9.17, 15) is 18.0 Å². The van der Waals surface area contributed by atoms with Gasteiger partial charge in [0, 0.05) is 26.0 Å². The van der Waals surface area contributed by atoms with E-state index in [0.717, 1.165) is 11.1 Å². The van der Waals surface area contributed by atoms with Crippen LogP contribution in [0.25, 0.3) is 11.0 Å². The number of anilines is 2. The number of carbonyl (C=O) groups is 2. The number of rotatable bonds is 6. The van der Waals surface area contributed by atoms with Crippen LogP contribution in [0.2, 0.25) is 0 Å². The summed E-state index contributed by atoms with van der Waals surface area (Å²) in [5.74, 6) is -2.03. The minimum atomic E-state index is -5.08. The van der Waals surface area contributed by atoms with Gasteiger partial charge in [-0.2, -0.15) is 28.2 Å². The third-order valence-corrected chi connectivity index (χ3v) is 4.62. The molecule has 1 atom stereocenters. The molecule has 12 nitrogen and oxygen atoms in total. The Hall–Kier alpha value is -4.14. The number of aryl methyl sites for hydroxylation is 1. The van der Waals surface area contributed by atoms with E-state index in [2.05, 4.69) is 31.9 Å². The Morgan fingerprint density at radius 2 is 2.17 bits per heavy atom. The number of aliphatic carboxylic acids is 1. The molecule has 15 heteroatoms. The van der Waals surface area contributed by atoms with Gasteiger partial charge in [0.2, 0.25) is 17.7 Å². The summed E-state index contributed by atoms with van der Waals surface area (Å²) in [5.41, 5.74) is 1.43. The average molecular weight is 497 g/mol. The highest BCUT2D eigenvalue weighted by Gasteiger charge is 2.38. The summed E-state index contributed by atoms with van der Waals surface area (Å²) in [6.45, 7) is 5.27. The average Bonchev–Trinajstić information content (AvgIpc) is 3.45. The van der Waals surface area contributed by atoms with E-state index in [0.29, 0.717) is 37.2 Å². The van der Waals surface area contributed by atoms with Gasteiger partial charge in [-0.15, -0.1) is 0 Å². The lowest BCUT2D eigenvalue weighted by Gasteiger charge is -2.32. The van der Waals surface area contributed by atoms with Crippen molar-refractivity contribution in [3.8, 4) is 5.88 Å².